The topological polar surface area (TPSA) is 67.1 Å². The Hall–Kier alpha value is -2.30. The maximum atomic E-state index is 5.59. The summed E-state index contributed by atoms with van der Waals surface area (Å²) in [5, 5.41) is 3.20. The van der Waals surface area contributed by atoms with Crippen LogP contribution in [0.15, 0.2) is 36.7 Å². The van der Waals surface area contributed by atoms with E-state index in [4.69, 9.17) is 5.73 Å². The molecule has 0 aliphatic rings. The first kappa shape index (κ1) is 11.2. The van der Waals surface area contributed by atoms with Gasteiger partial charge < -0.3 is 16.0 Å². The van der Waals surface area contributed by atoms with Crippen molar-refractivity contribution in [2.75, 3.05) is 30.0 Å². The molecule has 0 saturated heterocycles. The van der Waals surface area contributed by atoms with Crippen molar-refractivity contribution >= 4 is 23.0 Å². The first-order valence-electron chi connectivity index (χ1n) is 5.28. The predicted molar refractivity (Wildman–Crippen MR) is 70.5 cm³/mol. The zero-order valence-corrected chi connectivity index (χ0v) is 9.88. The maximum Gasteiger partial charge on any atom is 0.151 e. The highest BCUT2D eigenvalue weighted by Gasteiger charge is 2.04. The minimum atomic E-state index is 0.400. The number of hydrogen-bond donors (Lipinski definition) is 2. The van der Waals surface area contributed by atoms with Crippen molar-refractivity contribution in [3.8, 4) is 0 Å². The summed E-state index contributed by atoms with van der Waals surface area (Å²) in [6.07, 6.45) is 3.16. The number of nitrogens with zero attached hydrogens (tertiary/aromatic N) is 3. The van der Waals surface area contributed by atoms with Crippen LogP contribution in [0.4, 0.5) is 23.0 Å². The summed E-state index contributed by atoms with van der Waals surface area (Å²) < 4.78 is 0. The molecule has 0 atom stereocenters. The summed E-state index contributed by atoms with van der Waals surface area (Å²) >= 11 is 0. The number of benzene rings is 1. The standard InChI is InChI=1S/C12H15N5/c1-17(2)10-6-4-3-5-9(10)15-12-8-14-7-11(13)16-12/h3-8H,1-2H3,(H3,13,15,16). The van der Waals surface area contributed by atoms with Crippen LogP contribution in [-0.2, 0) is 0 Å². The Balaban J connectivity index is 2.30. The highest BCUT2D eigenvalue weighted by molar-refractivity contribution is 5.73. The highest BCUT2D eigenvalue weighted by Crippen LogP contribution is 2.26. The molecule has 1 heterocycles. The molecular formula is C12H15N5. The Morgan fingerprint density at radius 3 is 2.65 bits per heavy atom. The van der Waals surface area contributed by atoms with Gasteiger partial charge in [-0.2, -0.15) is 0 Å². The predicted octanol–water partition coefficient (Wildman–Crippen LogP) is 1.87. The van der Waals surface area contributed by atoms with Gasteiger partial charge in [0.15, 0.2) is 5.82 Å². The molecule has 0 saturated carbocycles. The molecule has 88 valence electrons. The lowest BCUT2D eigenvalue weighted by Crippen LogP contribution is -2.11. The van der Waals surface area contributed by atoms with E-state index >= 15 is 0 Å². The van der Waals surface area contributed by atoms with Crippen molar-refractivity contribution in [1.29, 1.82) is 0 Å². The van der Waals surface area contributed by atoms with E-state index in [2.05, 4.69) is 15.3 Å². The SMILES string of the molecule is CN(C)c1ccccc1Nc1cncc(N)n1. The third-order valence-corrected chi connectivity index (χ3v) is 2.30. The molecule has 0 fully saturated rings. The number of nitrogen functional groups attached to an aromatic ring is 1. The Morgan fingerprint density at radius 1 is 1.18 bits per heavy atom. The molecule has 0 amide bonds. The van der Waals surface area contributed by atoms with Gasteiger partial charge in [-0.15, -0.1) is 0 Å². The largest absolute Gasteiger partial charge is 0.382 e. The summed E-state index contributed by atoms with van der Waals surface area (Å²) in [6.45, 7) is 0. The van der Waals surface area contributed by atoms with Crippen LogP contribution in [0.5, 0.6) is 0 Å². The van der Waals surface area contributed by atoms with Gasteiger partial charge in [0.05, 0.1) is 23.8 Å². The number of aromatic nitrogens is 2. The van der Waals surface area contributed by atoms with E-state index in [1.165, 1.54) is 6.20 Å². The van der Waals surface area contributed by atoms with Gasteiger partial charge in [0.1, 0.15) is 5.82 Å². The fourth-order valence-electron chi connectivity index (χ4n) is 1.55. The third-order valence-electron chi connectivity index (χ3n) is 2.30. The smallest absolute Gasteiger partial charge is 0.151 e. The van der Waals surface area contributed by atoms with E-state index in [0.717, 1.165) is 11.4 Å². The molecule has 5 heteroatoms. The summed E-state index contributed by atoms with van der Waals surface area (Å²) in [4.78, 5) is 10.2. The number of nitrogens with one attached hydrogen (secondary N) is 1. The van der Waals surface area contributed by atoms with Crippen LogP contribution in [0.3, 0.4) is 0 Å². The zero-order chi connectivity index (χ0) is 12.3. The molecule has 0 radical (unpaired) electrons. The molecule has 5 nitrogen and oxygen atoms in total. The second-order valence-corrected chi connectivity index (χ2v) is 3.87. The van der Waals surface area contributed by atoms with Crippen molar-refractivity contribution in [1.82, 2.24) is 9.97 Å². The minimum absolute atomic E-state index is 0.400. The summed E-state index contributed by atoms with van der Waals surface area (Å²) in [7, 11) is 3.98. The van der Waals surface area contributed by atoms with Gasteiger partial charge in [-0.25, -0.2) is 4.98 Å². The molecule has 2 aromatic rings. The minimum Gasteiger partial charge on any atom is -0.382 e. The number of nitrogens with two attached hydrogens (primary N) is 1. The van der Waals surface area contributed by atoms with Gasteiger partial charge in [-0.05, 0) is 12.1 Å². The van der Waals surface area contributed by atoms with Crippen LogP contribution in [0.2, 0.25) is 0 Å². The number of hydrogen-bond acceptors (Lipinski definition) is 5. The fourth-order valence-corrected chi connectivity index (χ4v) is 1.55. The number of anilines is 4. The van der Waals surface area contributed by atoms with Gasteiger partial charge in [0.2, 0.25) is 0 Å². The molecule has 0 aliphatic carbocycles. The third kappa shape index (κ3) is 2.63. The Bertz CT molecular complexity index is 510. The Kier molecular flexibility index (Phi) is 3.09. The highest BCUT2D eigenvalue weighted by atomic mass is 15.1. The maximum absolute atomic E-state index is 5.59. The lowest BCUT2D eigenvalue weighted by atomic mass is 10.2. The first-order valence-corrected chi connectivity index (χ1v) is 5.28. The molecule has 0 unspecified atom stereocenters. The van der Waals surface area contributed by atoms with Gasteiger partial charge in [0.25, 0.3) is 0 Å². The van der Waals surface area contributed by atoms with E-state index in [1.54, 1.807) is 6.20 Å². The molecule has 2 rings (SSSR count). The van der Waals surface area contributed by atoms with Crippen LogP contribution in [0.25, 0.3) is 0 Å². The molecule has 0 aliphatic heterocycles. The first-order chi connectivity index (χ1) is 8.16. The van der Waals surface area contributed by atoms with E-state index < -0.39 is 0 Å². The molecular weight excluding hydrogens is 214 g/mol. The van der Waals surface area contributed by atoms with Crippen molar-refractivity contribution in [2.45, 2.75) is 0 Å². The van der Waals surface area contributed by atoms with Gasteiger partial charge >= 0.3 is 0 Å². The number of para-hydroxylation sites is 2. The van der Waals surface area contributed by atoms with Crippen LogP contribution >= 0.6 is 0 Å². The second kappa shape index (κ2) is 4.69. The molecule has 0 bridgehead atoms. The van der Waals surface area contributed by atoms with Crippen LogP contribution < -0.4 is 16.0 Å². The van der Waals surface area contributed by atoms with Crippen molar-refractivity contribution < 1.29 is 0 Å². The van der Waals surface area contributed by atoms with Gasteiger partial charge in [-0.1, -0.05) is 12.1 Å². The normalized spacial score (nSPS) is 10.0. The van der Waals surface area contributed by atoms with E-state index in [1.807, 2.05) is 43.3 Å². The van der Waals surface area contributed by atoms with Crippen LogP contribution in [-0.4, -0.2) is 24.1 Å². The average molecular weight is 229 g/mol. The molecule has 1 aromatic carbocycles. The van der Waals surface area contributed by atoms with E-state index in [9.17, 15) is 0 Å². The van der Waals surface area contributed by atoms with Crippen molar-refractivity contribution in [3.63, 3.8) is 0 Å². The molecule has 3 N–H and O–H groups in total. The molecule has 1 aromatic heterocycles. The summed E-state index contributed by atoms with van der Waals surface area (Å²) in [6, 6.07) is 7.98. The molecule has 0 spiro atoms. The molecule has 17 heavy (non-hydrogen) atoms. The monoisotopic (exact) mass is 229 g/mol. The van der Waals surface area contributed by atoms with Crippen LogP contribution in [0, 0.1) is 0 Å². The summed E-state index contributed by atoms with van der Waals surface area (Å²) in [5.41, 5.74) is 7.64. The number of rotatable bonds is 3. The Morgan fingerprint density at radius 2 is 1.94 bits per heavy atom. The quantitative estimate of drug-likeness (QED) is 0.841. The van der Waals surface area contributed by atoms with E-state index in [0.29, 0.717) is 11.6 Å². The zero-order valence-electron chi connectivity index (χ0n) is 9.88. The fraction of sp³-hybridized carbons (Fsp3) is 0.167. The van der Waals surface area contributed by atoms with E-state index in [-0.39, 0.29) is 0 Å². The van der Waals surface area contributed by atoms with Crippen molar-refractivity contribution in [2.24, 2.45) is 0 Å². The summed E-state index contributed by atoms with van der Waals surface area (Å²) in [5.74, 6) is 1.04. The van der Waals surface area contributed by atoms with Gasteiger partial charge in [0, 0.05) is 14.1 Å². The van der Waals surface area contributed by atoms with Crippen molar-refractivity contribution in [3.05, 3.63) is 36.7 Å². The second-order valence-electron chi connectivity index (χ2n) is 3.87. The van der Waals surface area contributed by atoms with Gasteiger partial charge in [-0.3, -0.25) is 4.98 Å². The Labute approximate surface area is 100 Å². The lowest BCUT2D eigenvalue weighted by molar-refractivity contribution is 1.13. The average Bonchev–Trinajstić information content (AvgIpc) is 2.29. The van der Waals surface area contributed by atoms with Crippen LogP contribution in [0.1, 0.15) is 0 Å². The lowest BCUT2D eigenvalue weighted by Gasteiger charge is -2.17.